The Morgan fingerprint density at radius 2 is 2.45 bits per heavy atom. The van der Waals surface area contributed by atoms with Crippen LogP contribution in [0.5, 0.6) is 0 Å². The lowest BCUT2D eigenvalue weighted by molar-refractivity contribution is 0.985. The Bertz CT molecular complexity index is 264. The van der Waals surface area contributed by atoms with E-state index in [9.17, 15) is 0 Å². The fourth-order valence-electron chi connectivity index (χ4n) is 0.443. The lowest BCUT2D eigenvalue weighted by atomic mass is 10.9. The topological polar surface area (TPSA) is 49.6 Å². The van der Waals surface area contributed by atoms with Gasteiger partial charge in [0.1, 0.15) is 10.4 Å². The quantitative estimate of drug-likeness (QED) is 0.326. The van der Waals surface area contributed by atoms with E-state index in [-0.39, 0.29) is 0 Å². The smallest absolute Gasteiger partial charge is 0.175 e. The minimum absolute atomic E-state index is 0.727. The number of hydrogen-bond acceptors (Lipinski definition) is 6. The largest absolute Gasteiger partial charge is 0.185 e. The van der Waals surface area contributed by atoms with E-state index in [0.717, 1.165) is 14.4 Å². The van der Waals surface area contributed by atoms with Gasteiger partial charge >= 0.3 is 0 Å². The van der Waals surface area contributed by atoms with Crippen LogP contribution in [0.1, 0.15) is 5.01 Å². The van der Waals surface area contributed by atoms with Crippen molar-refractivity contribution in [1.82, 2.24) is 10.2 Å². The Balaban J connectivity index is 2.34. The molecule has 1 heterocycles. The summed E-state index contributed by atoms with van der Waals surface area (Å²) in [6, 6.07) is 0. The van der Waals surface area contributed by atoms with Gasteiger partial charge in [-0.3, -0.25) is 0 Å². The normalized spacial score (nSPS) is 9.45. The molecule has 0 radical (unpaired) electrons. The van der Waals surface area contributed by atoms with Crippen LogP contribution in [-0.4, -0.2) is 15.3 Å². The van der Waals surface area contributed by atoms with E-state index in [4.69, 9.17) is 5.26 Å². The van der Waals surface area contributed by atoms with Gasteiger partial charge in [0.25, 0.3) is 0 Å². The van der Waals surface area contributed by atoms with Crippen molar-refractivity contribution in [3.63, 3.8) is 0 Å². The van der Waals surface area contributed by atoms with Gasteiger partial charge < -0.3 is 0 Å². The molecule has 58 valence electrons. The Labute approximate surface area is 77.2 Å². The number of nitrogens with zero attached hydrogens (tertiary/aromatic N) is 3. The van der Waals surface area contributed by atoms with Gasteiger partial charge in [0.05, 0.1) is 5.08 Å². The summed E-state index contributed by atoms with van der Waals surface area (Å²) in [6.45, 7) is 1.92. The highest BCUT2D eigenvalue weighted by Crippen LogP contribution is 2.24. The second kappa shape index (κ2) is 4.59. The first kappa shape index (κ1) is 8.84. The van der Waals surface area contributed by atoms with Crippen LogP contribution in [-0.2, 0) is 0 Å². The second-order valence-corrected chi connectivity index (χ2v) is 5.11. The van der Waals surface area contributed by atoms with Gasteiger partial charge in [-0.05, 0) is 18.7 Å². The predicted octanol–water partition coefficient (Wildman–Crippen LogP) is 2.11. The molecule has 0 aliphatic carbocycles. The van der Waals surface area contributed by atoms with Crippen LogP contribution in [0.4, 0.5) is 0 Å². The summed E-state index contributed by atoms with van der Waals surface area (Å²) in [6.07, 6.45) is 0. The predicted molar refractivity (Wildman–Crippen MR) is 48.6 cm³/mol. The van der Waals surface area contributed by atoms with Crippen LogP contribution in [0.3, 0.4) is 0 Å². The van der Waals surface area contributed by atoms with Crippen LogP contribution in [0.25, 0.3) is 0 Å². The third kappa shape index (κ3) is 3.10. The molecular weight excluding hydrogens is 198 g/mol. The Kier molecular flexibility index (Phi) is 3.69. The molecule has 0 saturated carbocycles. The highest BCUT2D eigenvalue weighted by molar-refractivity contribution is 8.18. The summed E-state index contributed by atoms with van der Waals surface area (Å²) >= 11 is 4.33. The number of thiocyanates is 1. The summed E-state index contributed by atoms with van der Waals surface area (Å²) in [5.74, 6) is 0. The van der Waals surface area contributed by atoms with E-state index in [0.29, 0.717) is 0 Å². The number of rotatable bonds is 3. The van der Waals surface area contributed by atoms with E-state index >= 15 is 0 Å². The average molecular weight is 203 g/mol. The van der Waals surface area contributed by atoms with Crippen LogP contribution >= 0.6 is 34.9 Å². The highest BCUT2D eigenvalue weighted by atomic mass is 32.2. The molecule has 1 rings (SSSR count). The van der Waals surface area contributed by atoms with Crippen molar-refractivity contribution in [2.45, 2.75) is 11.3 Å². The van der Waals surface area contributed by atoms with Crippen molar-refractivity contribution in [3.05, 3.63) is 5.01 Å². The lowest BCUT2D eigenvalue weighted by Crippen LogP contribution is -1.71. The van der Waals surface area contributed by atoms with Gasteiger partial charge in [0.15, 0.2) is 4.34 Å². The van der Waals surface area contributed by atoms with Crippen molar-refractivity contribution >= 4 is 34.9 Å². The van der Waals surface area contributed by atoms with Gasteiger partial charge in [-0.15, -0.1) is 10.2 Å². The number of aromatic nitrogens is 2. The van der Waals surface area contributed by atoms with Gasteiger partial charge in [-0.1, -0.05) is 23.1 Å². The molecular formula is C5H5N3S3. The highest BCUT2D eigenvalue weighted by Gasteiger charge is 1.99. The third-order valence-electron chi connectivity index (χ3n) is 0.813. The number of thioether (sulfide) groups is 2. The minimum Gasteiger partial charge on any atom is -0.185 e. The molecule has 0 N–H and O–H groups in total. The van der Waals surface area contributed by atoms with Gasteiger partial charge in [0.2, 0.25) is 0 Å². The summed E-state index contributed by atoms with van der Waals surface area (Å²) in [5.41, 5.74) is 0. The zero-order chi connectivity index (χ0) is 8.10. The molecule has 0 aliphatic heterocycles. The van der Waals surface area contributed by atoms with Crippen molar-refractivity contribution < 1.29 is 0 Å². The summed E-state index contributed by atoms with van der Waals surface area (Å²) in [5, 5.41) is 19.7. The van der Waals surface area contributed by atoms with Crippen LogP contribution < -0.4 is 0 Å². The number of hydrogen-bond donors (Lipinski definition) is 0. The molecule has 0 bridgehead atoms. The zero-order valence-corrected chi connectivity index (χ0v) is 8.22. The Morgan fingerprint density at radius 3 is 3.00 bits per heavy atom. The van der Waals surface area contributed by atoms with Crippen molar-refractivity contribution in [3.8, 4) is 5.40 Å². The van der Waals surface area contributed by atoms with Gasteiger partial charge in [0, 0.05) is 0 Å². The summed E-state index contributed by atoms with van der Waals surface area (Å²) in [4.78, 5) is 0. The number of nitriles is 1. The fraction of sp³-hybridized carbons (Fsp3) is 0.400. The fourth-order valence-corrected chi connectivity index (χ4v) is 2.84. The van der Waals surface area contributed by atoms with E-state index in [1.54, 1.807) is 23.1 Å². The van der Waals surface area contributed by atoms with Crippen LogP contribution in [0.2, 0.25) is 0 Å². The minimum atomic E-state index is 0.727. The standard InChI is InChI=1S/C5H5N3S3/c1-4-7-8-5(11-4)10-3-9-2-6/h3H2,1H3. The molecule has 3 nitrogen and oxygen atoms in total. The molecule has 1 aromatic rings. The average Bonchev–Trinajstić information content (AvgIpc) is 2.37. The molecule has 1 aromatic heterocycles. The first-order valence-corrected chi connectivity index (χ1v) is 5.55. The third-order valence-corrected chi connectivity index (χ3v) is 3.45. The molecule has 0 aliphatic rings. The molecule has 0 amide bonds. The first-order chi connectivity index (χ1) is 5.33. The Morgan fingerprint density at radius 1 is 1.64 bits per heavy atom. The molecule has 0 atom stereocenters. The van der Waals surface area contributed by atoms with E-state index in [2.05, 4.69) is 10.2 Å². The maximum atomic E-state index is 8.22. The van der Waals surface area contributed by atoms with E-state index in [1.807, 2.05) is 12.3 Å². The molecule has 11 heavy (non-hydrogen) atoms. The van der Waals surface area contributed by atoms with Crippen molar-refractivity contribution in [2.24, 2.45) is 0 Å². The zero-order valence-electron chi connectivity index (χ0n) is 5.77. The SMILES string of the molecule is Cc1nnc(SCSC#N)s1. The van der Waals surface area contributed by atoms with E-state index in [1.165, 1.54) is 11.8 Å². The van der Waals surface area contributed by atoms with Crippen LogP contribution in [0, 0.1) is 17.6 Å². The maximum Gasteiger partial charge on any atom is 0.175 e. The maximum absolute atomic E-state index is 8.22. The molecule has 6 heteroatoms. The monoisotopic (exact) mass is 203 g/mol. The van der Waals surface area contributed by atoms with Crippen LogP contribution in [0.15, 0.2) is 4.34 Å². The molecule has 0 saturated heterocycles. The molecule has 0 unspecified atom stereocenters. The van der Waals surface area contributed by atoms with Gasteiger partial charge in [-0.2, -0.15) is 5.26 Å². The second-order valence-electron chi connectivity index (χ2n) is 1.58. The van der Waals surface area contributed by atoms with Gasteiger partial charge in [-0.25, -0.2) is 0 Å². The Hall–Kier alpha value is -0.250. The van der Waals surface area contributed by atoms with Crippen molar-refractivity contribution in [2.75, 3.05) is 5.08 Å². The molecule has 0 aromatic carbocycles. The summed E-state index contributed by atoms with van der Waals surface area (Å²) in [7, 11) is 0. The first-order valence-electron chi connectivity index (χ1n) is 2.76. The molecule has 0 fully saturated rings. The number of aryl methyl sites for hydroxylation is 1. The molecule has 0 spiro atoms. The van der Waals surface area contributed by atoms with Crippen molar-refractivity contribution in [1.29, 1.82) is 5.26 Å². The summed E-state index contributed by atoms with van der Waals surface area (Å²) < 4.78 is 0.935. The lowest BCUT2D eigenvalue weighted by Gasteiger charge is -1.86. The van der Waals surface area contributed by atoms with E-state index < -0.39 is 0 Å².